The van der Waals surface area contributed by atoms with Crippen molar-refractivity contribution in [3.63, 3.8) is 0 Å². The molecule has 0 saturated carbocycles. The van der Waals surface area contributed by atoms with Gasteiger partial charge in [-0.2, -0.15) is 4.99 Å². The molecule has 0 unspecified atom stereocenters. The Morgan fingerprint density at radius 2 is 1.82 bits per heavy atom. The van der Waals surface area contributed by atoms with Crippen LogP contribution in [0.1, 0.15) is 22.3 Å². The van der Waals surface area contributed by atoms with Crippen molar-refractivity contribution >= 4 is 17.6 Å². The van der Waals surface area contributed by atoms with Gasteiger partial charge in [0.1, 0.15) is 18.4 Å². The molecule has 1 N–H and O–H groups in total. The molecule has 0 fully saturated rings. The SMILES string of the molecule is COc1ccc(C[C@H](NC2=Nc3cccc(C)c3CO2)C(=O)N(C)Cc2ccccc2)cc1. The van der Waals surface area contributed by atoms with Crippen molar-refractivity contribution in [1.29, 1.82) is 0 Å². The summed E-state index contributed by atoms with van der Waals surface area (Å²) in [5, 5.41) is 3.27. The first-order chi connectivity index (χ1) is 16.0. The lowest BCUT2D eigenvalue weighted by Gasteiger charge is -2.27. The smallest absolute Gasteiger partial charge is 0.290 e. The van der Waals surface area contributed by atoms with E-state index in [9.17, 15) is 4.79 Å². The van der Waals surface area contributed by atoms with E-state index in [4.69, 9.17) is 9.47 Å². The zero-order chi connectivity index (χ0) is 23.2. The molecule has 0 radical (unpaired) electrons. The minimum atomic E-state index is -0.530. The molecule has 0 aromatic heterocycles. The molecular weight excluding hydrogens is 414 g/mol. The number of methoxy groups -OCH3 is 1. The summed E-state index contributed by atoms with van der Waals surface area (Å²) < 4.78 is 11.1. The molecule has 3 aromatic carbocycles. The first-order valence-electron chi connectivity index (χ1n) is 11.0. The quantitative estimate of drug-likeness (QED) is 0.589. The van der Waals surface area contributed by atoms with Crippen molar-refractivity contribution in [3.05, 3.63) is 95.1 Å². The van der Waals surface area contributed by atoms with E-state index in [2.05, 4.69) is 10.3 Å². The topological polar surface area (TPSA) is 63.2 Å². The van der Waals surface area contributed by atoms with E-state index in [0.29, 0.717) is 25.6 Å². The maximum absolute atomic E-state index is 13.5. The number of nitrogens with one attached hydrogen (secondary N) is 1. The predicted octanol–water partition coefficient (Wildman–Crippen LogP) is 4.38. The van der Waals surface area contributed by atoms with Crippen LogP contribution in [0.15, 0.2) is 77.8 Å². The number of rotatable bonds is 7. The van der Waals surface area contributed by atoms with Crippen LogP contribution in [0.4, 0.5) is 5.69 Å². The van der Waals surface area contributed by atoms with Gasteiger partial charge in [-0.1, -0.05) is 54.6 Å². The molecule has 4 rings (SSSR count). The van der Waals surface area contributed by atoms with Crippen LogP contribution in [0.25, 0.3) is 0 Å². The average molecular weight is 444 g/mol. The number of hydrogen-bond acceptors (Lipinski definition) is 5. The number of amides is 1. The second-order valence-corrected chi connectivity index (χ2v) is 8.21. The second kappa shape index (κ2) is 10.2. The standard InChI is InChI=1S/C27H29N3O3/c1-19-8-7-11-24-23(19)18-33-27(28-24)29-25(16-20-12-14-22(32-3)15-13-20)26(31)30(2)17-21-9-5-4-6-10-21/h4-15,25H,16-18H2,1-3H3,(H,28,29)/t25-/m0/s1. The molecule has 1 amide bonds. The molecule has 33 heavy (non-hydrogen) atoms. The van der Waals surface area contributed by atoms with Crippen molar-refractivity contribution in [2.45, 2.75) is 32.5 Å². The molecular formula is C27H29N3O3. The summed E-state index contributed by atoms with van der Waals surface area (Å²) in [5.41, 5.74) is 5.18. The van der Waals surface area contributed by atoms with Gasteiger partial charge in [-0.05, 0) is 41.8 Å². The summed E-state index contributed by atoms with van der Waals surface area (Å²) in [6.07, 6.45) is 0.491. The third-order valence-corrected chi connectivity index (χ3v) is 5.79. The maximum atomic E-state index is 13.5. The molecule has 3 aromatic rings. The van der Waals surface area contributed by atoms with Gasteiger partial charge >= 0.3 is 0 Å². The highest BCUT2D eigenvalue weighted by Gasteiger charge is 2.26. The number of fused-ring (bicyclic) bond motifs is 1. The zero-order valence-corrected chi connectivity index (χ0v) is 19.2. The van der Waals surface area contributed by atoms with E-state index < -0.39 is 6.04 Å². The van der Waals surface area contributed by atoms with Crippen LogP contribution in [-0.4, -0.2) is 37.0 Å². The zero-order valence-electron chi connectivity index (χ0n) is 19.2. The lowest BCUT2D eigenvalue weighted by Crippen LogP contribution is -2.49. The first-order valence-corrected chi connectivity index (χ1v) is 11.0. The predicted molar refractivity (Wildman–Crippen MR) is 130 cm³/mol. The number of carbonyl (C=O) groups excluding carboxylic acids is 1. The minimum absolute atomic E-state index is 0.0315. The Morgan fingerprint density at radius 3 is 2.55 bits per heavy atom. The Kier molecular flexibility index (Phi) is 6.93. The van der Waals surface area contributed by atoms with Crippen LogP contribution in [0.5, 0.6) is 5.75 Å². The van der Waals surface area contributed by atoms with Crippen LogP contribution in [0.3, 0.4) is 0 Å². The second-order valence-electron chi connectivity index (χ2n) is 8.21. The summed E-state index contributed by atoms with van der Waals surface area (Å²) >= 11 is 0. The largest absolute Gasteiger partial charge is 0.497 e. The molecule has 0 aliphatic carbocycles. The summed E-state index contributed by atoms with van der Waals surface area (Å²) in [5.74, 6) is 0.749. The lowest BCUT2D eigenvalue weighted by atomic mass is 10.0. The molecule has 6 nitrogen and oxygen atoms in total. The van der Waals surface area contributed by atoms with Crippen LogP contribution < -0.4 is 10.1 Å². The van der Waals surface area contributed by atoms with Crippen molar-refractivity contribution < 1.29 is 14.3 Å². The fourth-order valence-electron chi connectivity index (χ4n) is 3.88. The molecule has 170 valence electrons. The Hall–Kier alpha value is -3.80. The van der Waals surface area contributed by atoms with Gasteiger partial charge < -0.3 is 19.7 Å². The normalized spacial score (nSPS) is 13.2. The summed E-state index contributed by atoms with van der Waals surface area (Å²) in [6, 6.07) is 23.5. The molecule has 6 heteroatoms. The Morgan fingerprint density at radius 1 is 1.06 bits per heavy atom. The third-order valence-electron chi connectivity index (χ3n) is 5.79. The number of likely N-dealkylation sites (N-methyl/N-ethyl adjacent to an activating group) is 1. The molecule has 1 aliphatic heterocycles. The van der Waals surface area contributed by atoms with Gasteiger partial charge in [0.25, 0.3) is 6.02 Å². The van der Waals surface area contributed by atoms with Crippen LogP contribution in [0, 0.1) is 6.92 Å². The number of nitrogens with zero attached hydrogens (tertiary/aromatic N) is 2. The summed E-state index contributed by atoms with van der Waals surface area (Å²) in [4.78, 5) is 19.8. The lowest BCUT2D eigenvalue weighted by molar-refractivity contribution is -0.132. The van der Waals surface area contributed by atoms with E-state index in [-0.39, 0.29) is 5.91 Å². The maximum Gasteiger partial charge on any atom is 0.290 e. The van der Waals surface area contributed by atoms with Crippen molar-refractivity contribution in [1.82, 2.24) is 10.2 Å². The van der Waals surface area contributed by atoms with E-state index in [1.807, 2.05) is 86.8 Å². The molecule has 1 aliphatic rings. The Balaban J connectivity index is 1.55. The molecule has 1 heterocycles. The van der Waals surface area contributed by atoms with Gasteiger partial charge in [0, 0.05) is 25.6 Å². The average Bonchev–Trinajstić information content (AvgIpc) is 2.84. The van der Waals surface area contributed by atoms with Crippen molar-refractivity contribution in [2.75, 3.05) is 14.2 Å². The highest BCUT2D eigenvalue weighted by atomic mass is 16.5. The van der Waals surface area contributed by atoms with Crippen molar-refractivity contribution in [3.8, 4) is 5.75 Å². The minimum Gasteiger partial charge on any atom is -0.497 e. The van der Waals surface area contributed by atoms with Gasteiger partial charge in [-0.15, -0.1) is 0 Å². The fraction of sp³-hybridized carbons (Fsp3) is 0.259. The number of ether oxygens (including phenoxy) is 2. The summed E-state index contributed by atoms with van der Waals surface area (Å²) in [6.45, 7) is 3.00. The molecule has 0 bridgehead atoms. The number of amidine groups is 1. The fourth-order valence-corrected chi connectivity index (χ4v) is 3.88. The Bertz CT molecular complexity index is 1130. The molecule has 1 atom stereocenters. The van der Waals surface area contributed by atoms with E-state index in [1.54, 1.807) is 12.0 Å². The number of benzene rings is 3. The van der Waals surface area contributed by atoms with Gasteiger partial charge in [-0.3, -0.25) is 4.79 Å². The van der Waals surface area contributed by atoms with E-state index in [1.165, 1.54) is 0 Å². The summed E-state index contributed by atoms with van der Waals surface area (Å²) in [7, 11) is 3.46. The number of hydrogen-bond donors (Lipinski definition) is 1. The third kappa shape index (κ3) is 5.52. The molecule has 0 spiro atoms. The van der Waals surface area contributed by atoms with Crippen LogP contribution in [0.2, 0.25) is 0 Å². The Labute approximate surface area is 194 Å². The van der Waals surface area contributed by atoms with Gasteiger partial charge in [0.05, 0.1) is 12.8 Å². The number of carbonyl (C=O) groups is 1. The van der Waals surface area contributed by atoms with Crippen molar-refractivity contribution in [2.24, 2.45) is 4.99 Å². The molecule has 0 saturated heterocycles. The van der Waals surface area contributed by atoms with Gasteiger partial charge in [0.15, 0.2) is 0 Å². The highest BCUT2D eigenvalue weighted by molar-refractivity contribution is 5.88. The number of aryl methyl sites for hydroxylation is 1. The van der Waals surface area contributed by atoms with Gasteiger partial charge in [-0.25, -0.2) is 0 Å². The van der Waals surface area contributed by atoms with Crippen LogP contribution in [-0.2, 0) is 29.1 Å². The van der Waals surface area contributed by atoms with E-state index in [0.717, 1.165) is 33.7 Å². The highest BCUT2D eigenvalue weighted by Crippen LogP contribution is 2.27. The van der Waals surface area contributed by atoms with Gasteiger partial charge in [0.2, 0.25) is 5.91 Å². The number of aliphatic imine (C=N–C) groups is 1. The van der Waals surface area contributed by atoms with E-state index >= 15 is 0 Å². The van der Waals surface area contributed by atoms with Crippen LogP contribution >= 0.6 is 0 Å². The first kappa shape index (κ1) is 22.4. The monoisotopic (exact) mass is 443 g/mol.